The van der Waals surface area contributed by atoms with E-state index in [0.29, 0.717) is 12.6 Å². The summed E-state index contributed by atoms with van der Waals surface area (Å²) in [5.41, 5.74) is 0. The Morgan fingerprint density at radius 3 is 1.55 bits per heavy atom. The fourth-order valence-electron chi connectivity index (χ4n) is 4.10. The van der Waals surface area contributed by atoms with Crippen molar-refractivity contribution >= 4 is 30.1 Å². The van der Waals surface area contributed by atoms with Gasteiger partial charge in [0, 0.05) is 18.5 Å². The first kappa shape index (κ1) is 33.9. The molecule has 0 radical (unpaired) electrons. The van der Waals surface area contributed by atoms with E-state index in [1.807, 2.05) is 11.8 Å². The molecule has 6 heteroatoms. The Bertz CT molecular complexity index is 406. The van der Waals surface area contributed by atoms with E-state index in [9.17, 15) is 9.79 Å². The number of unbranched alkanes of at least 4 members (excludes halogenated alkanes) is 17. The van der Waals surface area contributed by atoms with Crippen LogP contribution in [-0.4, -0.2) is 40.2 Å². The molecule has 3 nitrogen and oxygen atoms in total. The summed E-state index contributed by atoms with van der Waals surface area (Å²) in [6, 6.07) is 0. The van der Waals surface area contributed by atoms with Gasteiger partial charge in [0.05, 0.1) is 6.10 Å². The molecule has 0 aromatic heterocycles. The molecule has 1 unspecified atom stereocenters. The topological polar surface area (TPSA) is 49.7 Å². The van der Waals surface area contributed by atoms with Gasteiger partial charge in [0.2, 0.25) is 0 Å². The van der Waals surface area contributed by atoms with Crippen LogP contribution in [0.3, 0.4) is 0 Å². The molecule has 33 heavy (non-hydrogen) atoms. The van der Waals surface area contributed by atoms with Gasteiger partial charge in [-0.1, -0.05) is 123 Å². The van der Waals surface area contributed by atoms with E-state index < -0.39 is 6.49 Å². The van der Waals surface area contributed by atoms with E-state index in [0.717, 1.165) is 18.8 Å². The molecule has 0 aliphatic carbocycles. The minimum Gasteiger partial charge on any atom is -0.377 e. The lowest BCUT2D eigenvalue weighted by Gasteiger charge is -2.19. The summed E-state index contributed by atoms with van der Waals surface area (Å²) in [5, 5.41) is 0. The van der Waals surface area contributed by atoms with Crippen molar-refractivity contribution in [1.82, 2.24) is 0 Å². The number of ether oxygens (including phenoxy) is 1. The molecule has 0 aliphatic rings. The maximum atomic E-state index is 9.61. The Morgan fingerprint density at radius 2 is 1.09 bits per heavy atom. The zero-order chi connectivity index (χ0) is 24.5. The van der Waals surface area contributed by atoms with Crippen molar-refractivity contribution in [2.45, 2.75) is 148 Å². The molecule has 0 rings (SSSR count). The van der Waals surface area contributed by atoms with Crippen molar-refractivity contribution in [3.8, 4) is 0 Å². The van der Waals surface area contributed by atoms with Crippen molar-refractivity contribution < 1.29 is 14.5 Å². The van der Waals surface area contributed by atoms with Crippen LogP contribution in [-0.2, 0) is 16.5 Å². The van der Waals surface area contributed by atoms with Gasteiger partial charge in [-0.2, -0.15) is 11.8 Å². The first-order chi connectivity index (χ1) is 16.0. The molecule has 200 valence electrons. The first-order valence-corrected chi connectivity index (χ1v) is 18.3. The van der Waals surface area contributed by atoms with Crippen LogP contribution in [0, 0.1) is 0 Å². The van der Waals surface area contributed by atoms with Crippen molar-refractivity contribution in [1.29, 1.82) is 0 Å². The van der Waals surface area contributed by atoms with Crippen molar-refractivity contribution in [2.24, 2.45) is 0 Å². The standard InChI is InChI=1S/C27H57O3PS2/c1-3-5-7-9-11-13-14-16-18-20-23-30-27(22-24-31(28,29)32)26-33-25-21-19-17-15-12-10-8-6-4-2/h27H,3-26H2,1-2H3,(H2,28,29,32). The van der Waals surface area contributed by atoms with Gasteiger partial charge in [0.15, 0.2) is 6.49 Å². The van der Waals surface area contributed by atoms with Crippen LogP contribution in [0.25, 0.3) is 0 Å². The summed E-state index contributed by atoms with van der Waals surface area (Å²) >= 11 is 6.78. The Balaban J connectivity index is 3.75. The average molecular weight is 525 g/mol. The van der Waals surface area contributed by atoms with Crippen LogP contribution in [0.15, 0.2) is 0 Å². The molecule has 0 fully saturated rings. The minimum absolute atomic E-state index is 0.105. The summed E-state index contributed by atoms with van der Waals surface area (Å²) in [7, 11) is 0. The second-order valence-electron chi connectivity index (χ2n) is 9.76. The number of thioether (sulfide) groups is 1. The highest BCUT2D eigenvalue weighted by Crippen LogP contribution is 2.36. The summed E-state index contributed by atoms with van der Waals surface area (Å²) < 4.78 is 6.13. The quantitative estimate of drug-likeness (QED) is 0.0828. The summed E-state index contributed by atoms with van der Waals surface area (Å²) in [5.74, 6) is 2.13. The van der Waals surface area contributed by atoms with Crippen LogP contribution < -0.4 is 0 Å². The van der Waals surface area contributed by atoms with Gasteiger partial charge in [-0.3, -0.25) is 0 Å². The van der Waals surface area contributed by atoms with Crippen LogP contribution in [0.5, 0.6) is 0 Å². The van der Waals surface area contributed by atoms with Crippen molar-refractivity contribution in [3.05, 3.63) is 0 Å². The first-order valence-electron chi connectivity index (χ1n) is 14.2. The van der Waals surface area contributed by atoms with Gasteiger partial charge < -0.3 is 14.5 Å². The smallest absolute Gasteiger partial charge is 0.183 e. The monoisotopic (exact) mass is 524 g/mol. The molecule has 0 aromatic rings. The molecule has 0 amide bonds. The molecule has 0 saturated heterocycles. The molecule has 0 heterocycles. The zero-order valence-electron chi connectivity index (χ0n) is 22.1. The van der Waals surface area contributed by atoms with Crippen molar-refractivity contribution in [3.63, 3.8) is 0 Å². The predicted molar refractivity (Wildman–Crippen MR) is 154 cm³/mol. The Labute approximate surface area is 216 Å². The van der Waals surface area contributed by atoms with Gasteiger partial charge >= 0.3 is 0 Å². The minimum atomic E-state index is -3.11. The third-order valence-corrected chi connectivity index (χ3v) is 8.86. The number of rotatable bonds is 27. The normalized spacial score (nSPS) is 13.0. The van der Waals surface area contributed by atoms with Gasteiger partial charge in [0.25, 0.3) is 0 Å². The molecule has 0 spiro atoms. The summed E-state index contributed by atoms with van der Waals surface area (Å²) in [6.07, 6.45) is 26.7. The van der Waals surface area contributed by atoms with Crippen LogP contribution in [0.4, 0.5) is 0 Å². The maximum absolute atomic E-state index is 9.61. The molecule has 0 bridgehead atoms. The van der Waals surface area contributed by atoms with Crippen molar-refractivity contribution in [2.75, 3.05) is 24.3 Å². The molecular weight excluding hydrogens is 467 g/mol. The van der Waals surface area contributed by atoms with E-state index in [4.69, 9.17) is 16.5 Å². The highest BCUT2D eigenvalue weighted by Gasteiger charge is 2.15. The van der Waals surface area contributed by atoms with E-state index >= 15 is 0 Å². The molecule has 0 saturated carbocycles. The van der Waals surface area contributed by atoms with E-state index in [2.05, 4.69) is 13.8 Å². The zero-order valence-corrected chi connectivity index (χ0v) is 24.6. The second kappa shape index (κ2) is 26.0. The average Bonchev–Trinajstić information content (AvgIpc) is 2.78. The van der Waals surface area contributed by atoms with Crippen LogP contribution >= 0.6 is 18.3 Å². The van der Waals surface area contributed by atoms with Gasteiger partial charge in [-0.05, 0) is 36.8 Å². The predicted octanol–water partition coefficient (Wildman–Crippen LogP) is 9.24. The van der Waals surface area contributed by atoms with Gasteiger partial charge in [-0.15, -0.1) is 0 Å². The lowest BCUT2D eigenvalue weighted by Crippen LogP contribution is -2.19. The second-order valence-corrected chi connectivity index (χ2v) is 14.4. The number of hydrogen-bond acceptors (Lipinski definition) is 3. The molecule has 1 atom stereocenters. The fourth-order valence-corrected chi connectivity index (χ4v) is 6.14. The van der Waals surface area contributed by atoms with E-state index in [-0.39, 0.29) is 6.10 Å². The van der Waals surface area contributed by atoms with Crippen LogP contribution in [0.1, 0.15) is 142 Å². The Kier molecular flexibility index (Phi) is 26.6. The molecule has 2 N–H and O–H groups in total. The highest BCUT2D eigenvalue weighted by atomic mass is 32.5. The van der Waals surface area contributed by atoms with Gasteiger partial charge in [0.1, 0.15) is 0 Å². The summed E-state index contributed by atoms with van der Waals surface area (Å²) in [4.78, 5) is 19.2. The molecule has 0 aromatic carbocycles. The Morgan fingerprint density at radius 1 is 0.667 bits per heavy atom. The fraction of sp³-hybridized carbons (Fsp3) is 1.00. The molecule has 0 aliphatic heterocycles. The lowest BCUT2D eigenvalue weighted by atomic mass is 10.1. The van der Waals surface area contributed by atoms with Gasteiger partial charge in [-0.25, -0.2) is 0 Å². The lowest BCUT2D eigenvalue weighted by molar-refractivity contribution is 0.0639. The number of hydrogen-bond donors (Lipinski definition) is 2. The van der Waals surface area contributed by atoms with E-state index in [1.165, 1.54) is 121 Å². The van der Waals surface area contributed by atoms with E-state index in [1.54, 1.807) is 0 Å². The SMILES string of the molecule is CCCCCCCCCCCCOC(CCP(O)(O)=S)CSCCCCCCCCCCC. The third kappa shape index (κ3) is 29.0. The van der Waals surface area contributed by atoms with Crippen LogP contribution in [0.2, 0.25) is 0 Å². The highest BCUT2D eigenvalue weighted by molar-refractivity contribution is 8.09. The third-order valence-electron chi connectivity index (χ3n) is 6.29. The Hall–Kier alpha value is 0.880. The maximum Gasteiger partial charge on any atom is 0.183 e. The largest absolute Gasteiger partial charge is 0.377 e. The molecular formula is C27H57O3PS2. The summed E-state index contributed by atoms with van der Waals surface area (Å²) in [6.45, 7) is 2.22.